The normalized spacial score (nSPS) is 13.8. The van der Waals surface area contributed by atoms with Gasteiger partial charge in [-0.25, -0.2) is 0 Å². The average molecular weight is 546 g/mol. The van der Waals surface area contributed by atoms with Gasteiger partial charge in [0.2, 0.25) is 5.91 Å². The predicted octanol–water partition coefficient (Wildman–Crippen LogP) is 7.83. The largest absolute Gasteiger partial charge is 0.353 e. The van der Waals surface area contributed by atoms with Crippen LogP contribution in [0.1, 0.15) is 42.3 Å². The fourth-order valence-corrected chi connectivity index (χ4v) is 6.61. The van der Waals surface area contributed by atoms with E-state index >= 15 is 0 Å². The number of anilines is 1. The van der Waals surface area contributed by atoms with E-state index in [1.807, 2.05) is 42.6 Å². The van der Waals surface area contributed by atoms with Crippen LogP contribution in [0.4, 0.5) is 5.69 Å². The van der Waals surface area contributed by atoms with Gasteiger partial charge in [0, 0.05) is 44.4 Å². The molecular formula is C32H27N5O2S. The molecular weight excluding hydrogens is 518 g/mol. The van der Waals surface area contributed by atoms with E-state index in [0.29, 0.717) is 5.69 Å². The number of pyridine rings is 1. The number of hydrogen-bond acceptors (Lipinski definition) is 5. The Kier molecular flexibility index (Phi) is 6.04. The topological polar surface area (TPSA) is 104 Å². The molecule has 0 saturated heterocycles. The molecule has 0 atom stereocenters. The Labute approximate surface area is 234 Å². The third kappa shape index (κ3) is 4.40. The van der Waals surface area contributed by atoms with Gasteiger partial charge in [0.05, 0.1) is 28.0 Å². The summed E-state index contributed by atoms with van der Waals surface area (Å²) in [5.74, 6) is 0.262. The van der Waals surface area contributed by atoms with Crippen molar-refractivity contribution in [2.45, 2.75) is 32.6 Å². The number of carbonyl (C=O) groups excluding carboxylic acids is 2. The summed E-state index contributed by atoms with van der Waals surface area (Å²) in [5, 5.41) is 12.9. The number of rotatable bonds is 6. The first-order valence-corrected chi connectivity index (χ1v) is 14.3. The molecule has 7 nitrogen and oxygen atoms in total. The number of fused-ring (bicyclic) bond motifs is 2. The number of thiophene rings is 1. The van der Waals surface area contributed by atoms with Crippen molar-refractivity contribution in [3.8, 4) is 33.0 Å². The molecule has 2 aromatic carbocycles. The Morgan fingerprint density at radius 3 is 2.62 bits per heavy atom. The molecule has 7 rings (SSSR count). The van der Waals surface area contributed by atoms with Crippen molar-refractivity contribution < 1.29 is 9.59 Å². The van der Waals surface area contributed by atoms with Gasteiger partial charge in [0.15, 0.2) is 5.78 Å². The van der Waals surface area contributed by atoms with Crippen LogP contribution in [-0.4, -0.2) is 31.9 Å². The molecule has 0 aliphatic heterocycles. The number of H-pyrrole nitrogens is 2. The summed E-state index contributed by atoms with van der Waals surface area (Å²) in [6, 6.07) is 20.3. The zero-order valence-electron chi connectivity index (χ0n) is 22.0. The minimum absolute atomic E-state index is 0.0777. The van der Waals surface area contributed by atoms with E-state index in [1.54, 1.807) is 13.1 Å². The SMILES string of the molecule is CC(=O)c1ccc(-c2cccc3[nH]c(-c4n[nH]c5ccc(-c6cncc(NC(=O)C7CCCC7)c6)cc45)cc23)s1. The van der Waals surface area contributed by atoms with Crippen LogP contribution in [0.3, 0.4) is 0 Å². The van der Waals surface area contributed by atoms with Crippen molar-refractivity contribution in [2.75, 3.05) is 5.32 Å². The van der Waals surface area contributed by atoms with Crippen molar-refractivity contribution in [1.82, 2.24) is 20.2 Å². The van der Waals surface area contributed by atoms with Crippen LogP contribution in [0.15, 0.2) is 73.1 Å². The van der Waals surface area contributed by atoms with Gasteiger partial charge in [0.25, 0.3) is 0 Å². The molecule has 1 aliphatic carbocycles. The highest BCUT2D eigenvalue weighted by molar-refractivity contribution is 7.17. The molecule has 4 aromatic heterocycles. The van der Waals surface area contributed by atoms with Crippen molar-refractivity contribution in [1.29, 1.82) is 0 Å². The Hall–Kier alpha value is -4.56. The Balaban J connectivity index is 1.24. The first-order chi connectivity index (χ1) is 19.5. The van der Waals surface area contributed by atoms with Gasteiger partial charge in [-0.1, -0.05) is 31.0 Å². The van der Waals surface area contributed by atoms with Crippen molar-refractivity contribution >= 4 is 50.5 Å². The predicted molar refractivity (Wildman–Crippen MR) is 161 cm³/mol. The third-order valence-electron chi connectivity index (χ3n) is 7.77. The molecule has 3 N–H and O–H groups in total. The van der Waals surface area contributed by atoms with Crippen LogP contribution in [0.2, 0.25) is 0 Å². The summed E-state index contributed by atoms with van der Waals surface area (Å²) in [6.45, 7) is 1.60. The molecule has 0 radical (unpaired) electrons. The quantitative estimate of drug-likeness (QED) is 0.186. The van der Waals surface area contributed by atoms with Gasteiger partial charge in [-0.3, -0.25) is 19.7 Å². The maximum atomic E-state index is 12.7. The smallest absolute Gasteiger partial charge is 0.227 e. The minimum Gasteiger partial charge on any atom is -0.353 e. The fourth-order valence-electron chi connectivity index (χ4n) is 5.67. The highest BCUT2D eigenvalue weighted by Gasteiger charge is 2.23. The second kappa shape index (κ2) is 9.88. The average Bonchev–Trinajstić information content (AvgIpc) is 3.78. The number of aromatic nitrogens is 4. The number of nitrogens with zero attached hydrogens (tertiary/aromatic N) is 2. The molecule has 40 heavy (non-hydrogen) atoms. The maximum Gasteiger partial charge on any atom is 0.227 e. The lowest BCUT2D eigenvalue weighted by molar-refractivity contribution is -0.119. The standard InChI is InChI=1S/C32H27N5O2S/c1-18(38)29-11-12-30(40-29)23-7-4-8-26-24(23)15-28(35-26)31-25-14-20(9-10-27(25)36-37-31)21-13-22(17-33-16-21)34-32(39)19-5-2-3-6-19/h4,7-17,19,35H,2-3,5-6H2,1H3,(H,34,39)(H,36,37). The molecule has 0 unspecified atom stereocenters. The van der Waals surface area contributed by atoms with Crippen LogP contribution in [0, 0.1) is 5.92 Å². The van der Waals surface area contributed by atoms with E-state index in [4.69, 9.17) is 0 Å². The lowest BCUT2D eigenvalue weighted by atomic mass is 10.0. The minimum atomic E-state index is 0.0777. The zero-order valence-corrected chi connectivity index (χ0v) is 22.8. The molecule has 0 spiro atoms. The van der Waals surface area contributed by atoms with Gasteiger partial charge < -0.3 is 10.3 Å². The first-order valence-electron chi connectivity index (χ1n) is 13.5. The lowest BCUT2D eigenvalue weighted by Crippen LogP contribution is -2.20. The van der Waals surface area contributed by atoms with E-state index in [1.165, 1.54) is 11.3 Å². The highest BCUT2D eigenvalue weighted by Crippen LogP contribution is 2.38. The molecule has 4 heterocycles. The van der Waals surface area contributed by atoms with Crippen LogP contribution < -0.4 is 5.32 Å². The first kappa shape index (κ1) is 24.5. The molecule has 0 bridgehead atoms. The number of carbonyl (C=O) groups is 2. The molecule has 1 fully saturated rings. The Morgan fingerprint density at radius 1 is 0.925 bits per heavy atom. The molecule has 8 heteroatoms. The van der Waals surface area contributed by atoms with E-state index < -0.39 is 0 Å². The molecule has 1 saturated carbocycles. The van der Waals surface area contributed by atoms with Crippen LogP contribution in [0.5, 0.6) is 0 Å². The Bertz CT molecular complexity index is 1910. The summed E-state index contributed by atoms with van der Waals surface area (Å²) >= 11 is 1.51. The molecule has 1 amide bonds. The fraction of sp³-hybridized carbons (Fsp3) is 0.188. The zero-order chi connectivity index (χ0) is 27.2. The van der Waals surface area contributed by atoms with Gasteiger partial charge in [0.1, 0.15) is 5.69 Å². The summed E-state index contributed by atoms with van der Waals surface area (Å²) in [4.78, 5) is 34.3. The van der Waals surface area contributed by atoms with Crippen molar-refractivity contribution in [3.05, 3.63) is 77.9 Å². The van der Waals surface area contributed by atoms with Crippen LogP contribution >= 0.6 is 11.3 Å². The van der Waals surface area contributed by atoms with Crippen molar-refractivity contribution in [3.63, 3.8) is 0 Å². The van der Waals surface area contributed by atoms with Gasteiger partial charge in [-0.05, 0) is 67.8 Å². The number of benzene rings is 2. The summed E-state index contributed by atoms with van der Waals surface area (Å²) in [6.07, 6.45) is 7.68. The van der Waals surface area contributed by atoms with Crippen molar-refractivity contribution in [2.24, 2.45) is 5.92 Å². The van der Waals surface area contributed by atoms with E-state index in [-0.39, 0.29) is 17.6 Å². The number of hydrogen-bond donors (Lipinski definition) is 3. The third-order valence-corrected chi connectivity index (χ3v) is 8.98. The lowest BCUT2D eigenvalue weighted by Gasteiger charge is -2.11. The number of aromatic amines is 2. The van der Waals surface area contributed by atoms with Crippen LogP contribution in [0.25, 0.3) is 54.8 Å². The molecule has 1 aliphatic rings. The summed E-state index contributed by atoms with van der Waals surface area (Å²) in [5.41, 5.74) is 7.39. The second-order valence-electron chi connectivity index (χ2n) is 10.4. The summed E-state index contributed by atoms with van der Waals surface area (Å²) < 4.78 is 0. The van der Waals surface area contributed by atoms with E-state index in [9.17, 15) is 9.59 Å². The monoisotopic (exact) mass is 545 g/mol. The Morgan fingerprint density at radius 2 is 1.80 bits per heavy atom. The number of Topliss-reactive ketones (excluding diaryl/α,β-unsaturated/α-hetero) is 1. The van der Waals surface area contributed by atoms with E-state index in [2.05, 4.69) is 49.7 Å². The molecule has 6 aromatic rings. The highest BCUT2D eigenvalue weighted by atomic mass is 32.1. The number of nitrogens with one attached hydrogen (secondary N) is 3. The van der Waals surface area contributed by atoms with Gasteiger partial charge in [-0.2, -0.15) is 5.10 Å². The summed E-state index contributed by atoms with van der Waals surface area (Å²) in [7, 11) is 0. The maximum absolute atomic E-state index is 12.7. The van der Waals surface area contributed by atoms with Gasteiger partial charge >= 0.3 is 0 Å². The second-order valence-corrected chi connectivity index (χ2v) is 11.5. The number of amides is 1. The molecule has 198 valence electrons. The number of ketones is 1. The van der Waals surface area contributed by atoms with Gasteiger partial charge in [-0.15, -0.1) is 11.3 Å². The van der Waals surface area contributed by atoms with Crippen LogP contribution in [-0.2, 0) is 4.79 Å². The van der Waals surface area contributed by atoms with E-state index in [0.717, 1.165) is 85.3 Å².